The van der Waals surface area contributed by atoms with Gasteiger partial charge in [-0.3, -0.25) is 0 Å². The highest BCUT2D eigenvalue weighted by Crippen LogP contribution is 2.25. The van der Waals surface area contributed by atoms with E-state index in [9.17, 15) is 0 Å². The molecule has 4 heteroatoms. The van der Waals surface area contributed by atoms with Gasteiger partial charge in [0.05, 0.1) is 17.8 Å². The van der Waals surface area contributed by atoms with Crippen molar-refractivity contribution in [3.63, 3.8) is 0 Å². The summed E-state index contributed by atoms with van der Waals surface area (Å²) in [6.07, 6.45) is 0.940. The van der Waals surface area contributed by atoms with Gasteiger partial charge in [0.1, 0.15) is 5.75 Å². The SMILES string of the molecule is COc1ccc(C)cc1NCCc1nc(C)cs1. The van der Waals surface area contributed by atoms with Gasteiger partial charge in [-0.25, -0.2) is 4.98 Å². The minimum absolute atomic E-state index is 0.868. The third kappa shape index (κ3) is 3.23. The molecule has 96 valence electrons. The third-order valence-electron chi connectivity index (χ3n) is 2.68. The number of aromatic nitrogens is 1. The topological polar surface area (TPSA) is 34.1 Å². The Kier molecular flexibility index (Phi) is 4.20. The van der Waals surface area contributed by atoms with Crippen LogP contribution in [0.1, 0.15) is 16.3 Å². The van der Waals surface area contributed by atoms with E-state index in [1.54, 1.807) is 18.4 Å². The summed E-state index contributed by atoms with van der Waals surface area (Å²) in [7, 11) is 1.69. The fourth-order valence-corrected chi connectivity index (χ4v) is 2.56. The van der Waals surface area contributed by atoms with Crippen LogP contribution in [0.15, 0.2) is 23.6 Å². The molecule has 0 aliphatic rings. The summed E-state index contributed by atoms with van der Waals surface area (Å²) < 4.78 is 5.33. The molecule has 0 bridgehead atoms. The van der Waals surface area contributed by atoms with Gasteiger partial charge in [0.25, 0.3) is 0 Å². The minimum Gasteiger partial charge on any atom is -0.495 e. The average molecular weight is 262 g/mol. The number of thiazole rings is 1. The van der Waals surface area contributed by atoms with Crippen LogP contribution in [0, 0.1) is 13.8 Å². The minimum atomic E-state index is 0.868. The van der Waals surface area contributed by atoms with Crippen LogP contribution < -0.4 is 10.1 Å². The van der Waals surface area contributed by atoms with E-state index in [-0.39, 0.29) is 0 Å². The molecule has 2 aromatic rings. The Morgan fingerprint density at radius 3 is 2.83 bits per heavy atom. The number of aryl methyl sites for hydroxylation is 2. The molecule has 1 aromatic heterocycles. The summed E-state index contributed by atoms with van der Waals surface area (Å²) in [6, 6.07) is 6.14. The normalized spacial score (nSPS) is 10.4. The zero-order chi connectivity index (χ0) is 13.0. The second-order valence-electron chi connectivity index (χ2n) is 4.26. The van der Waals surface area contributed by atoms with Crippen molar-refractivity contribution in [3.8, 4) is 5.75 Å². The summed E-state index contributed by atoms with van der Waals surface area (Å²) in [4.78, 5) is 4.45. The van der Waals surface area contributed by atoms with Crippen molar-refractivity contribution in [1.29, 1.82) is 0 Å². The predicted molar refractivity (Wildman–Crippen MR) is 76.8 cm³/mol. The van der Waals surface area contributed by atoms with Crippen LogP contribution in [0.5, 0.6) is 5.75 Å². The van der Waals surface area contributed by atoms with Gasteiger partial charge in [-0.05, 0) is 31.5 Å². The van der Waals surface area contributed by atoms with Crippen LogP contribution in [0.3, 0.4) is 0 Å². The Morgan fingerprint density at radius 1 is 1.33 bits per heavy atom. The van der Waals surface area contributed by atoms with Crippen LogP contribution in [-0.4, -0.2) is 18.6 Å². The van der Waals surface area contributed by atoms with Crippen LogP contribution in [-0.2, 0) is 6.42 Å². The Morgan fingerprint density at radius 2 is 2.17 bits per heavy atom. The Labute approximate surface area is 112 Å². The highest BCUT2D eigenvalue weighted by molar-refractivity contribution is 7.09. The number of hydrogen-bond donors (Lipinski definition) is 1. The van der Waals surface area contributed by atoms with Crippen molar-refractivity contribution in [2.24, 2.45) is 0 Å². The fourth-order valence-electron chi connectivity index (χ4n) is 1.78. The molecule has 0 atom stereocenters. The number of nitrogens with one attached hydrogen (secondary N) is 1. The molecule has 1 N–H and O–H groups in total. The lowest BCUT2D eigenvalue weighted by Gasteiger charge is -2.11. The Hall–Kier alpha value is -1.55. The van der Waals surface area contributed by atoms with E-state index in [4.69, 9.17) is 4.74 Å². The van der Waals surface area contributed by atoms with Crippen molar-refractivity contribution in [3.05, 3.63) is 39.8 Å². The van der Waals surface area contributed by atoms with Crippen LogP contribution in [0.2, 0.25) is 0 Å². The first-order chi connectivity index (χ1) is 8.69. The van der Waals surface area contributed by atoms with Gasteiger partial charge >= 0.3 is 0 Å². The maximum Gasteiger partial charge on any atom is 0.141 e. The number of anilines is 1. The third-order valence-corrected chi connectivity index (χ3v) is 3.70. The average Bonchev–Trinajstić information content (AvgIpc) is 2.75. The summed E-state index contributed by atoms with van der Waals surface area (Å²) in [5.41, 5.74) is 3.37. The zero-order valence-electron chi connectivity index (χ0n) is 11.0. The van der Waals surface area contributed by atoms with Crippen molar-refractivity contribution >= 4 is 17.0 Å². The van der Waals surface area contributed by atoms with Crippen LogP contribution in [0.25, 0.3) is 0 Å². The van der Waals surface area contributed by atoms with Crippen molar-refractivity contribution < 1.29 is 4.74 Å². The smallest absolute Gasteiger partial charge is 0.141 e. The molecule has 0 aliphatic carbocycles. The first-order valence-corrected chi connectivity index (χ1v) is 6.86. The van der Waals surface area contributed by atoms with E-state index >= 15 is 0 Å². The first kappa shape index (κ1) is 12.9. The zero-order valence-corrected chi connectivity index (χ0v) is 11.8. The van der Waals surface area contributed by atoms with E-state index in [1.807, 2.05) is 19.1 Å². The molecule has 0 unspecified atom stereocenters. The Balaban J connectivity index is 1.95. The molecule has 2 rings (SSSR count). The van der Waals surface area contributed by atoms with Gasteiger partial charge < -0.3 is 10.1 Å². The molecule has 0 radical (unpaired) electrons. The molecule has 0 aliphatic heterocycles. The number of ether oxygens (including phenoxy) is 1. The lowest BCUT2D eigenvalue weighted by Crippen LogP contribution is -2.06. The Bertz CT molecular complexity index is 522. The summed E-state index contributed by atoms with van der Waals surface area (Å²) in [5, 5.41) is 6.66. The molecule has 3 nitrogen and oxygen atoms in total. The van der Waals surface area contributed by atoms with Gasteiger partial charge in [-0.2, -0.15) is 0 Å². The predicted octanol–water partition coefficient (Wildman–Crippen LogP) is 3.42. The monoisotopic (exact) mass is 262 g/mol. The first-order valence-electron chi connectivity index (χ1n) is 5.98. The lowest BCUT2D eigenvalue weighted by molar-refractivity contribution is 0.416. The highest BCUT2D eigenvalue weighted by Gasteiger charge is 2.03. The number of methoxy groups -OCH3 is 1. The van der Waals surface area contributed by atoms with E-state index in [1.165, 1.54) is 10.6 Å². The van der Waals surface area contributed by atoms with Crippen molar-refractivity contribution in [1.82, 2.24) is 4.98 Å². The molecular weight excluding hydrogens is 244 g/mol. The lowest BCUT2D eigenvalue weighted by atomic mass is 10.2. The molecule has 0 amide bonds. The number of nitrogens with zero attached hydrogens (tertiary/aromatic N) is 1. The maximum atomic E-state index is 5.33. The summed E-state index contributed by atoms with van der Waals surface area (Å²) in [6.45, 7) is 4.97. The van der Waals surface area contributed by atoms with Gasteiger partial charge in [-0.15, -0.1) is 11.3 Å². The van der Waals surface area contributed by atoms with Crippen molar-refractivity contribution in [2.45, 2.75) is 20.3 Å². The maximum absolute atomic E-state index is 5.33. The van der Waals surface area contributed by atoms with E-state index < -0.39 is 0 Å². The quantitative estimate of drug-likeness (QED) is 0.896. The number of hydrogen-bond acceptors (Lipinski definition) is 4. The molecule has 1 heterocycles. The molecule has 0 spiro atoms. The molecular formula is C14H18N2OS. The van der Waals surface area contributed by atoms with Gasteiger partial charge in [0, 0.05) is 24.0 Å². The van der Waals surface area contributed by atoms with Crippen LogP contribution in [0.4, 0.5) is 5.69 Å². The highest BCUT2D eigenvalue weighted by atomic mass is 32.1. The van der Waals surface area contributed by atoms with Gasteiger partial charge in [-0.1, -0.05) is 6.07 Å². The standard InChI is InChI=1S/C14H18N2OS/c1-10-4-5-13(17-3)12(8-10)15-7-6-14-16-11(2)9-18-14/h4-5,8-9,15H,6-7H2,1-3H3. The molecule has 0 saturated carbocycles. The van der Waals surface area contributed by atoms with E-state index in [0.29, 0.717) is 0 Å². The molecule has 18 heavy (non-hydrogen) atoms. The largest absolute Gasteiger partial charge is 0.495 e. The fraction of sp³-hybridized carbons (Fsp3) is 0.357. The molecule has 0 fully saturated rings. The number of benzene rings is 1. The summed E-state index contributed by atoms with van der Waals surface area (Å²) in [5.74, 6) is 0.885. The van der Waals surface area contributed by atoms with Crippen LogP contribution >= 0.6 is 11.3 Å². The van der Waals surface area contributed by atoms with E-state index in [2.05, 4.69) is 28.7 Å². The second kappa shape index (κ2) is 5.87. The van der Waals surface area contributed by atoms with E-state index in [0.717, 1.165) is 30.1 Å². The summed E-state index contributed by atoms with van der Waals surface area (Å²) >= 11 is 1.72. The van der Waals surface area contributed by atoms with Gasteiger partial charge in [0.2, 0.25) is 0 Å². The second-order valence-corrected chi connectivity index (χ2v) is 5.21. The van der Waals surface area contributed by atoms with Crippen molar-refractivity contribution in [2.75, 3.05) is 19.0 Å². The molecule has 0 saturated heterocycles. The molecule has 1 aromatic carbocycles. The van der Waals surface area contributed by atoms with Gasteiger partial charge in [0.15, 0.2) is 0 Å². The number of rotatable bonds is 5.